The minimum atomic E-state index is -2.07. The Morgan fingerprint density at radius 1 is 1.08 bits per heavy atom. The molecule has 4 rings (SSSR count). The van der Waals surface area contributed by atoms with Crippen molar-refractivity contribution in [1.82, 2.24) is 14.8 Å². The first-order chi connectivity index (χ1) is 17.4. The molecule has 1 amide bonds. The number of nitro benzene ring substituents is 1. The maximum absolute atomic E-state index is 12.2. The summed E-state index contributed by atoms with van der Waals surface area (Å²) in [5.41, 5.74) is 2.88. The summed E-state index contributed by atoms with van der Waals surface area (Å²) >= 11 is -2.07. The molecule has 0 saturated heterocycles. The number of carbonyl (C=O) groups excluding carboxylic acids is 1. The molecule has 11 heteroatoms. The number of amides is 1. The summed E-state index contributed by atoms with van der Waals surface area (Å²) in [6, 6.07) is 20.6. The molecule has 2 N–H and O–H groups in total. The van der Waals surface area contributed by atoms with Crippen molar-refractivity contribution in [3.63, 3.8) is 0 Å². The number of anilines is 1. The lowest BCUT2D eigenvalue weighted by Gasteiger charge is -2.06. The van der Waals surface area contributed by atoms with E-state index in [0.717, 1.165) is 29.1 Å². The molecule has 36 heavy (non-hydrogen) atoms. The first-order valence-electron chi connectivity index (χ1n) is 11.0. The Morgan fingerprint density at radius 3 is 2.33 bits per heavy atom. The summed E-state index contributed by atoms with van der Waals surface area (Å²) in [7, 11) is 0. The lowest BCUT2D eigenvalue weighted by atomic mass is 10.1. The molecule has 2 aromatic carbocycles. The Labute approximate surface area is 210 Å². The Hall–Kier alpha value is -4.22. The molecule has 0 spiro atoms. The van der Waals surface area contributed by atoms with Crippen molar-refractivity contribution in [2.45, 2.75) is 31.2 Å². The SMILES string of the molecule is CCn1nc(-c2ccncc2)cc1NC(=O)CCc1ccccc1.O=[N+]([O-])c1ccc(S(=O)O)cc1. The van der Waals surface area contributed by atoms with Gasteiger partial charge in [-0.05, 0) is 43.2 Å². The second-order valence-corrected chi connectivity index (χ2v) is 8.47. The highest BCUT2D eigenvalue weighted by atomic mass is 32.2. The molecule has 0 saturated carbocycles. The second kappa shape index (κ2) is 13.0. The molecule has 0 fully saturated rings. The predicted molar refractivity (Wildman–Crippen MR) is 137 cm³/mol. The number of nitro groups is 1. The molecule has 1 atom stereocenters. The highest BCUT2D eigenvalue weighted by molar-refractivity contribution is 7.79. The molecular formula is C25H25N5O5S. The van der Waals surface area contributed by atoms with Gasteiger partial charge in [0.15, 0.2) is 11.1 Å². The van der Waals surface area contributed by atoms with Crippen molar-refractivity contribution >= 4 is 28.5 Å². The molecule has 10 nitrogen and oxygen atoms in total. The third-order valence-electron chi connectivity index (χ3n) is 5.06. The molecule has 1 unspecified atom stereocenters. The van der Waals surface area contributed by atoms with Gasteiger partial charge >= 0.3 is 0 Å². The van der Waals surface area contributed by atoms with E-state index in [1.807, 2.05) is 55.5 Å². The average Bonchev–Trinajstić information content (AvgIpc) is 3.31. The standard InChI is InChI=1S/C19H20N4O.C6H5NO4S/c1-2-23-18(14-17(22-23)16-10-12-20-13-11-16)21-19(24)9-8-15-6-4-3-5-7-15;8-7(9)5-1-3-6(4-2-5)12(10)11/h3-7,10-14H,2,8-9H2,1H3,(H,21,24);1-4H,(H,10,11). The molecular weight excluding hydrogens is 482 g/mol. The Kier molecular flexibility index (Phi) is 9.55. The zero-order chi connectivity index (χ0) is 25.9. The van der Waals surface area contributed by atoms with Gasteiger partial charge in [-0.2, -0.15) is 5.10 Å². The maximum atomic E-state index is 12.2. The van der Waals surface area contributed by atoms with Crippen molar-refractivity contribution in [3.05, 3.63) is 101 Å². The third-order valence-corrected chi connectivity index (χ3v) is 5.73. The van der Waals surface area contributed by atoms with Crippen molar-refractivity contribution in [1.29, 1.82) is 0 Å². The minimum Gasteiger partial charge on any atom is -0.311 e. The van der Waals surface area contributed by atoms with Crippen LogP contribution < -0.4 is 5.32 Å². The van der Waals surface area contributed by atoms with Crippen LogP contribution in [0, 0.1) is 10.1 Å². The van der Waals surface area contributed by atoms with Crippen LogP contribution in [0.5, 0.6) is 0 Å². The van der Waals surface area contributed by atoms with Gasteiger partial charge in [0.2, 0.25) is 5.91 Å². The van der Waals surface area contributed by atoms with E-state index >= 15 is 0 Å². The van der Waals surface area contributed by atoms with Gasteiger partial charge in [0.25, 0.3) is 5.69 Å². The van der Waals surface area contributed by atoms with E-state index in [1.54, 1.807) is 17.1 Å². The number of nitrogens with one attached hydrogen (secondary N) is 1. The van der Waals surface area contributed by atoms with Crippen molar-refractivity contribution in [2.75, 3.05) is 5.32 Å². The van der Waals surface area contributed by atoms with E-state index in [9.17, 15) is 19.1 Å². The van der Waals surface area contributed by atoms with E-state index in [4.69, 9.17) is 4.55 Å². The zero-order valence-electron chi connectivity index (χ0n) is 19.5. The molecule has 2 aromatic heterocycles. The summed E-state index contributed by atoms with van der Waals surface area (Å²) in [5.74, 6) is 0.720. The Balaban J connectivity index is 0.000000253. The largest absolute Gasteiger partial charge is 0.311 e. The van der Waals surface area contributed by atoms with Crippen LogP contribution in [0.2, 0.25) is 0 Å². The van der Waals surface area contributed by atoms with Crippen LogP contribution in [-0.4, -0.2) is 34.4 Å². The summed E-state index contributed by atoms with van der Waals surface area (Å²) in [4.78, 5) is 26.0. The average molecular weight is 508 g/mol. The highest BCUT2D eigenvalue weighted by Crippen LogP contribution is 2.21. The van der Waals surface area contributed by atoms with E-state index < -0.39 is 16.0 Å². The number of rotatable bonds is 8. The van der Waals surface area contributed by atoms with Crippen LogP contribution in [0.3, 0.4) is 0 Å². The smallest absolute Gasteiger partial charge is 0.269 e. The van der Waals surface area contributed by atoms with Gasteiger partial charge < -0.3 is 9.87 Å². The Morgan fingerprint density at radius 2 is 1.75 bits per heavy atom. The number of hydrogen-bond donors (Lipinski definition) is 2. The number of carbonyl (C=O) groups is 1. The number of hydrogen-bond acceptors (Lipinski definition) is 6. The molecule has 0 bridgehead atoms. The number of nitrogens with zero attached hydrogens (tertiary/aromatic N) is 4. The maximum Gasteiger partial charge on any atom is 0.269 e. The van der Waals surface area contributed by atoms with Crippen molar-refractivity contribution in [2.24, 2.45) is 0 Å². The van der Waals surface area contributed by atoms with Gasteiger partial charge in [0.1, 0.15) is 5.82 Å². The monoisotopic (exact) mass is 507 g/mol. The van der Waals surface area contributed by atoms with Crippen LogP contribution in [0.25, 0.3) is 11.3 Å². The molecule has 186 valence electrons. The van der Waals surface area contributed by atoms with E-state index in [1.165, 1.54) is 24.3 Å². The molecule has 0 aliphatic carbocycles. The van der Waals surface area contributed by atoms with Gasteiger partial charge in [-0.15, -0.1) is 0 Å². The topological polar surface area (TPSA) is 140 Å². The Bertz CT molecular complexity index is 1280. The fourth-order valence-corrected chi connectivity index (χ4v) is 3.58. The molecule has 2 heterocycles. The number of aryl methyl sites for hydroxylation is 2. The third kappa shape index (κ3) is 7.65. The van der Waals surface area contributed by atoms with E-state index in [0.29, 0.717) is 13.0 Å². The van der Waals surface area contributed by atoms with E-state index in [-0.39, 0.29) is 16.5 Å². The lowest BCUT2D eigenvalue weighted by molar-refractivity contribution is -0.384. The fraction of sp³-hybridized carbons (Fsp3) is 0.160. The van der Waals surface area contributed by atoms with Crippen LogP contribution in [0.1, 0.15) is 18.9 Å². The summed E-state index contributed by atoms with van der Waals surface area (Å²) in [5, 5.41) is 17.7. The summed E-state index contributed by atoms with van der Waals surface area (Å²) < 4.78 is 20.8. The van der Waals surface area contributed by atoms with Gasteiger partial charge in [-0.3, -0.25) is 19.9 Å². The van der Waals surface area contributed by atoms with Gasteiger partial charge in [-0.1, -0.05) is 30.3 Å². The molecule has 0 aliphatic rings. The zero-order valence-corrected chi connectivity index (χ0v) is 20.3. The second-order valence-electron chi connectivity index (χ2n) is 7.50. The highest BCUT2D eigenvalue weighted by Gasteiger charge is 2.11. The summed E-state index contributed by atoms with van der Waals surface area (Å²) in [6.45, 7) is 2.70. The molecule has 0 radical (unpaired) electrons. The van der Waals surface area contributed by atoms with Crippen LogP contribution >= 0.6 is 0 Å². The lowest BCUT2D eigenvalue weighted by Crippen LogP contribution is -2.15. The summed E-state index contributed by atoms with van der Waals surface area (Å²) in [6.07, 6.45) is 4.64. The number of benzene rings is 2. The quantitative estimate of drug-likeness (QED) is 0.200. The first kappa shape index (κ1) is 26.4. The van der Waals surface area contributed by atoms with Crippen LogP contribution in [0.15, 0.2) is 90.1 Å². The van der Waals surface area contributed by atoms with Crippen molar-refractivity contribution in [3.8, 4) is 11.3 Å². The fourth-order valence-electron chi connectivity index (χ4n) is 3.21. The molecule has 0 aliphatic heterocycles. The normalized spacial score (nSPS) is 11.2. The van der Waals surface area contributed by atoms with E-state index in [2.05, 4.69) is 15.4 Å². The number of pyridine rings is 1. The molecule has 4 aromatic rings. The van der Waals surface area contributed by atoms with Crippen LogP contribution in [-0.2, 0) is 28.8 Å². The predicted octanol–water partition coefficient (Wildman–Crippen LogP) is 4.71. The number of non-ortho nitro benzene ring substituents is 1. The van der Waals surface area contributed by atoms with Crippen molar-refractivity contribution < 1.29 is 18.5 Å². The van der Waals surface area contributed by atoms with Gasteiger partial charge in [0, 0.05) is 49.1 Å². The van der Waals surface area contributed by atoms with Gasteiger partial charge in [-0.25, -0.2) is 8.89 Å². The number of aromatic nitrogens is 3. The minimum absolute atomic E-state index is 0.00488. The van der Waals surface area contributed by atoms with Gasteiger partial charge in [0.05, 0.1) is 15.5 Å². The first-order valence-corrected chi connectivity index (χ1v) is 12.2. The van der Waals surface area contributed by atoms with Crippen LogP contribution in [0.4, 0.5) is 11.5 Å².